The first-order valence-electron chi connectivity index (χ1n) is 8.02. The number of carbonyl (C=O) groups is 1. The third-order valence-electron chi connectivity index (χ3n) is 4.15. The fraction of sp³-hybridized carbons (Fsp3) is 0.158. The van der Waals surface area contributed by atoms with Gasteiger partial charge in [-0.25, -0.2) is 9.78 Å². The van der Waals surface area contributed by atoms with Crippen molar-refractivity contribution in [3.8, 4) is 16.7 Å². The van der Waals surface area contributed by atoms with Crippen LogP contribution < -0.4 is 9.47 Å². The standard InChI is InChI=1S/C19H14ClNO4S/c20-17-12-6-7-13(11-4-2-1-3-5-11)24-14(12)8-9-15(17)25-19-21-10-16(26-19)18(22)23/h1-5,8-10,13H,6-7H2,(H,22,23). The molecule has 0 aliphatic carbocycles. The van der Waals surface area contributed by atoms with E-state index >= 15 is 0 Å². The van der Waals surface area contributed by atoms with Crippen LogP contribution in [0.25, 0.3) is 0 Å². The number of carboxylic acid groups (broad SMARTS) is 1. The second-order valence-corrected chi connectivity index (χ2v) is 7.18. The van der Waals surface area contributed by atoms with Crippen LogP contribution in [0.4, 0.5) is 0 Å². The van der Waals surface area contributed by atoms with Crippen LogP contribution in [-0.2, 0) is 6.42 Å². The highest BCUT2D eigenvalue weighted by Crippen LogP contribution is 2.43. The first kappa shape index (κ1) is 16.9. The van der Waals surface area contributed by atoms with E-state index in [2.05, 4.69) is 17.1 Å². The van der Waals surface area contributed by atoms with Gasteiger partial charge in [0.2, 0.25) is 0 Å². The van der Waals surface area contributed by atoms with E-state index in [0.29, 0.717) is 10.8 Å². The Morgan fingerprint density at radius 1 is 1.27 bits per heavy atom. The first-order valence-corrected chi connectivity index (χ1v) is 9.21. The van der Waals surface area contributed by atoms with Crippen molar-refractivity contribution in [2.24, 2.45) is 0 Å². The summed E-state index contributed by atoms with van der Waals surface area (Å²) in [6.07, 6.45) is 2.86. The van der Waals surface area contributed by atoms with Crippen molar-refractivity contribution in [1.82, 2.24) is 4.98 Å². The van der Waals surface area contributed by atoms with Gasteiger partial charge in [0.25, 0.3) is 5.19 Å². The molecule has 4 rings (SSSR count). The van der Waals surface area contributed by atoms with Gasteiger partial charge in [-0.3, -0.25) is 0 Å². The van der Waals surface area contributed by atoms with Gasteiger partial charge in [0.15, 0.2) is 0 Å². The molecule has 0 amide bonds. The smallest absolute Gasteiger partial charge is 0.347 e. The summed E-state index contributed by atoms with van der Waals surface area (Å²) in [5, 5.41) is 9.68. The summed E-state index contributed by atoms with van der Waals surface area (Å²) in [5.41, 5.74) is 2.03. The molecule has 132 valence electrons. The average Bonchev–Trinajstić information content (AvgIpc) is 3.13. The molecular weight excluding hydrogens is 374 g/mol. The molecule has 0 spiro atoms. The van der Waals surface area contributed by atoms with Gasteiger partial charge < -0.3 is 14.6 Å². The second-order valence-electron chi connectivity index (χ2n) is 5.81. The molecule has 0 saturated carbocycles. The minimum absolute atomic E-state index is 0.00335. The van der Waals surface area contributed by atoms with Crippen LogP contribution in [0.3, 0.4) is 0 Å². The number of aromatic nitrogens is 1. The van der Waals surface area contributed by atoms with Crippen LogP contribution in [0.15, 0.2) is 48.7 Å². The minimum atomic E-state index is -1.03. The highest BCUT2D eigenvalue weighted by atomic mass is 35.5. The van der Waals surface area contributed by atoms with Crippen molar-refractivity contribution in [3.63, 3.8) is 0 Å². The monoisotopic (exact) mass is 387 g/mol. The molecule has 0 radical (unpaired) electrons. The number of aromatic carboxylic acids is 1. The number of hydrogen-bond acceptors (Lipinski definition) is 5. The molecule has 2 aromatic carbocycles. The van der Waals surface area contributed by atoms with E-state index in [0.717, 1.165) is 41.1 Å². The molecule has 5 nitrogen and oxygen atoms in total. The molecule has 1 unspecified atom stereocenters. The Morgan fingerprint density at radius 3 is 2.81 bits per heavy atom. The zero-order valence-electron chi connectivity index (χ0n) is 13.5. The van der Waals surface area contributed by atoms with Crippen molar-refractivity contribution in [2.75, 3.05) is 0 Å². The summed E-state index contributed by atoms with van der Waals surface area (Å²) < 4.78 is 11.8. The van der Waals surface area contributed by atoms with E-state index in [-0.39, 0.29) is 16.2 Å². The third kappa shape index (κ3) is 3.25. The summed E-state index contributed by atoms with van der Waals surface area (Å²) in [4.78, 5) is 15.0. The summed E-state index contributed by atoms with van der Waals surface area (Å²) in [5.74, 6) is 0.153. The van der Waals surface area contributed by atoms with Crippen molar-refractivity contribution >= 4 is 28.9 Å². The van der Waals surface area contributed by atoms with Crippen LogP contribution in [0.5, 0.6) is 16.7 Å². The highest BCUT2D eigenvalue weighted by molar-refractivity contribution is 7.15. The van der Waals surface area contributed by atoms with Crippen LogP contribution in [0.2, 0.25) is 5.02 Å². The number of thiazole rings is 1. The van der Waals surface area contributed by atoms with Gasteiger partial charge in [0, 0.05) is 5.56 Å². The maximum atomic E-state index is 10.9. The number of halogens is 1. The number of fused-ring (bicyclic) bond motifs is 1. The van der Waals surface area contributed by atoms with E-state index in [1.54, 1.807) is 6.07 Å². The highest BCUT2D eigenvalue weighted by Gasteiger charge is 2.25. The Morgan fingerprint density at radius 2 is 2.08 bits per heavy atom. The number of ether oxygens (including phenoxy) is 2. The van der Waals surface area contributed by atoms with Crippen LogP contribution >= 0.6 is 22.9 Å². The van der Waals surface area contributed by atoms with Crippen molar-refractivity contribution in [3.05, 3.63) is 69.7 Å². The van der Waals surface area contributed by atoms with Gasteiger partial charge in [-0.05, 0) is 30.5 Å². The lowest BCUT2D eigenvalue weighted by Gasteiger charge is -2.27. The quantitative estimate of drug-likeness (QED) is 0.653. The largest absolute Gasteiger partial charge is 0.485 e. The molecule has 2 heterocycles. The Labute approximate surface area is 158 Å². The summed E-state index contributed by atoms with van der Waals surface area (Å²) >= 11 is 7.45. The van der Waals surface area contributed by atoms with E-state index < -0.39 is 5.97 Å². The van der Waals surface area contributed by atoms with Crippen LogP contribution in [0, 0.1) is 0 Å². The Bertz CT molecular complexity index is 957. The molecule has 1 atom stereocenters. The minimum Gasteiger partial charge on any atom is -0.485 e. The maximum Gasteiger partial charge on any atom is 0.347 e. The van der Waals surface area contributed by atoms with E-state index in [9.17, 15) is 4.79 Å². The topological polar surface area (TPSA) is 68.7 Å². The van der Waals surface area contributed by atoms with Gasteiger partial charge in [-0.15, -0.1) is 0 Å². The lowest BCUT2D eigenvalue weighted by molar-refractivity contribution is 0.0702. The van der Waals surface area contributed by atoms with Gasteiger partial charge in [-0.2, -0.15) is 0 Å². The third-order valence-corrected chi connectivity index (χ3v) is 5.43. The number of carboxylic acids is 1. The molecule has 1 aromatic heterocycles. The van der Waals surface area contributed by atoms with E-state index in [4.69, 9.17) is 26.2 Å². The van der Waals surface area contributed by atoms with Gasteiger partial charge in [0.05, 0.1) is 11.2 Å². The first-order chi connectivity index (χ1) is 12.6. The van der Waals surface area contributed by atoms with Crippen molar-refractivity contribution < 1.29 is 19.4 Å². The molecule has 7 heteroatoms. The fourth-order valence-corrected chi connectivity index (χ4v) is 3.80. The van der Waals surface area contributed by atoms with Crippen molar-refractivity contribution in [1.29, 1.82) is 0 Å². The Balaban J connectivity index is 1.56. The van der Waals surface area contributed by atoms with Gasteiger partial charge in [-0.1, -0.05) is 53.3 Å². The average molecular weight is 388 g/mol. The van der Waals surface area contributed by atoms with E-state index in [1.807, 2.05) is 24.3 Å². The number of nitrogens with zero attached hydrogens (tertiary/aromatic N) is 1. The maximum absolute atomic E-state index is 10.9. The number of benzene rings is 2. The molecule has 1 N–H and O–H groups in total. The Hall–Kier alpha value is -2.57. The molecule has 0 saturated heterocycles. The number of rotatable bonds is 4. The normalized spacial score (nSPS) is 15.8. The fourth-order valence-electron chi connectivity index (χ4n) is 2.89. The molecule has 26 heavy (non-hydrogen) atoms. The van der Waals surface area contributed by atoms with Crippen molar-refractivity contribution in [2.45, 2.75) is 18.9 Å². The van der Waals surface area contributed by atoms with Crippen LogP contribution in [-0.4, -0.2) is 16.1 Å². The zero-order chi connectivity index (χ0) is 18.1. The SMILES string of the molecule is O=C(O)c1cnc(Oc2ccc3c(c2Cl)CCC(c2ccccc2)O3)s1. The molecule has 0 fully saturated rings. The summed E-state index contributed by atoms with van der Waals surface area (Å²) in [6.45, 7) is 0. The Kier molecular flexibility index (Phi) is 4.53. The predicted octanol–water partition coefficient (Wildman–Crippen LogP) is 5.35. The molecule has 0 bridgehead atoms. The molecule has 3 aromatic rings. The molecular formula is C19H14ClNO4S. The lowest BCUT2D eigenvalue weighted by Crippen LogP contribution is -2.15. The van der Waals surface area contributed by atoms with Crippen LogP contribution in [0.1, 0.15) is 33.3 Å². The summed E-state index contributed by atoms with van der Waals surface area (Å²) in [7, 11) is 0. The second kappa shape index (κ2) is 6.97. The molecule has 1 aliphatic rings. The van der Waals surface area contributed by atoms with E-state index in [1.165, 1.54) is 6.20 Å². The summed E-state index contributed by atoms with van der Waals surface area (Å²) in [6, 6.07) is 13.6. The number of hydrogen-bond donors (Lipinski definition) is 1. The predicted molar refractivity (Wildman–Crippen MR) is 98.7 cm³/mol. The van der Waals surface area contributed by atoms with Gasteiger partial charge >= 0.3 is 5.97 Å². The lowest BCUT2D eigenvalue weighted by atomic mass is 9.97. The zero-order valence-corrected chi connectivity index (χ0v) is 15.1. The molecule has 1 aliphatic heterocycles. The van der Waals surface area contributed by atoms with Gasteiger partial charge in [0.1, 0.15) is 22.5 Å².